The van der Waals surface area contributed by atoms with E-state index in [2.05, 4.69) is 39.1 Å². The van der Waals surface area contributed by atoms with E-state index in [0.29, 0.717) is 18.8 Å². The fourth-order valence-electron chi connectivity index (χ4n) is 6.08. The number of hydrogen-bond donors (Lipinski definition) is 3. The highest BCUT2D eigenvalue weighted by molar-refractivity contribution is 6.09. The zero-order chi connectivity index (χ0) is 23.1. The number of rotatable bonds is 3. The van der Waals surface area contributed by atoms with Gasteiger partial charge in [0.05, 0.1) is 12.2 Å². The molecule has 3 N–H and O–H groups in total. The summed E-state index contributed by atoms with van der Waals surface area (Å²) in [5, 5.41) is 24.3. The molecule has 0 aromatic heterocycles. The first-order chi connectivity index (χ1) is 14.5. The summed E-state index contributed by atoms with van der Waals surface area (Å²) in [6, 6.07) is -0.0760. The molecule has 1 spiro atoms. The Morgan fingerprint density at radius 2 is 1.90 bits per heavy atom. The number of carbonyl (C=O) groups excluding carboxylic acids is 2. The van der Waals surface area contributed by atoms with Crippen LogP contribution in [0, 0.1) is 29.1 Å². The normalized spacial score (nSPS) is 43.3. The number of Topliss-reactive ketones (excluding diaryl/α,β-unsaturated/α-hetero) is 1. The van der Waals surface area contributed by atoms with Crippen molar-refractivity contribution >= 4 is 11.7 Å². The highest BCUT2D eigenvalue weighted by Gasteiger charge is 2.65. The van der Waals surface area contributed by atoms with Crippen LogP contribution in [0.25, 0.3) is 0 Å². The van der Waals surface area contributed by atoms with Crippen molar-refractivity contribution in [2.45, 2.75) is 84.7 Å². The van der Waals surface area contributed by atoms with Gasteiger partial charge in [-0.25, -0.2) is 0 Å². The molecule has 1 saturated heterocycles. The van der Waals surface area contributed by atoms with Gasteiger partial charge in [-0.1, -0.05) is 44.1 Å². The molecule has 1 heterocycles. The molecular weight excluding hydrogens is 394 g/mol. The van der Waals surface area contributed by atoms with Crippen molar-refractivity contribution in [3.05, 3.63) is 23.3 Å². The average Bonchev–Trinajstić information content (AvgIpc) is 2.98. The van der Waals surface area contributed by atoms with Crippen molar-refractivity contribution < 1.29 is 24.5 Å². The number of amides is 1. The number of carbonyl (C=O) groups is 2. The van der Waals surface area contributed by atoms with Crippen LogP contribution in [0.3, 0.4) is 0 Å². The Morgan fingerprint density at radius 3 is 2.52 bits per heavy atom. The predicted octanol–water partition coefficient (Wildman–Crippen LogP) is 2.78. The van der Waals surface area contributed by atoms with Gasteiger partial charge in [-0.15, -0.1) is 0 Å². The van der Waals surface area contributed by atoms with Crippen molar-refractivity contribution in [1.29, 1.82) is 0 Å². The van der Waals surface area contributed by atoms with E-state index in [4.69, 9.17) is 4.74 Å². The molecule has 31 heavy (non-hydrogen) atoms. The van der Waals surface area contributed by atoms with Gasteiger partial charge in [0.25, 0.3) is 0 Å². The molecule has 0 radical (unpaired) electrons. The number of aliphatic hydroxyl groups excluding tert-OH is 2. The molecule has 0 aromatic carbocycles. The third-order valence-electron chi connectivity index (χ3n) is 7.83. The summed E-state index contributed by atoms with van der Waals surface area (Å²) < 4.78 is 5.45. The number of nitrogens with one attached hydrogen (secondary N) is 1. The molecule has 174 valence electrons. The summed E-state index contributed by atoms with van der Waals surface area (Å²) in [5.74, 6) is -0.445. The standard InChI is InChI=1S/C25H39NO5/c1-13(2)9-18-22-16(5)15(4)11-17-10-14(3)7-8-19(27)23(29)20(31-6)12-21(28)25(17,22)24(30)26-18/h10-11,13,16-20,22-23,27,29H,7-9,12H2,1-6H3,(H,26,30)/b14-10+/t16-,17+,18+,19?,20?,22+,23?,25+/m1/s1. The molecule has 1 fully saturated rings. The van der Waals surface area contributed by atoms with Crippen molar-refractivity contribution in [1.82, 2.24) is 5.32 Å². The number of methoxy groups -OCH3 is 1. The van der Waals surface area contributed by atoms with Gasteiger partial charge in [-0.2, -0.15) is 0 Å². The van der Waals surface area contributed by atoms with Crippen LogP contribution in [0.5, 0.6) is 0 Å². The van der Waals surface area contributed by atoms with E-state index in [-0.39, 0.29) is 41.9 Å². The van der Waals surface area contributed by atoms with Gasteiger partial charge >= 0.3 is 0 Å². The molecule has 6 nitrogen and oxygen atoms in total. The summed E-state index contributed by atoms with van der Waals surface area (Å²) in [6.45, 7) is 10.4. The molecule has 0 saturated carbocycles. The van der Waals surface area contributed by atoms with Crippen molar-refractivity contribution in [2.24, 2.45) is 29.1 Å². The van der Waals surface area contributed by atoms with E-state index in [0.717, 1.165) is 12.0 Å². The SMILES string of the molecule is COC1CC(=O)[C@]23C(=O)N[C@@H](CC(C)C)[C@@H]2[C@H](C)C(C)=C[C@@H]3/C=C(\C)CCC(O)C1O. The molecule has 6 heteroatoms. The quantitative estimate of drug-likeness (QED) is 0.470. The second-order valence-corrected chi connectivity index (χ2v) is 10.3. The minimum absolute atomic E-state index is 0.0760. The first-order valence-corrected chi connectivity index (χ1v) is 11.6. The van der Waals surface area contributed by atoms with Crippen molar-refractivity contribution in [3.8, 4) is 0 Å². The van der Waals surface area contributed by atoms with Crippen LogP contribution in [-0.2, 0) is 14.3 Å². The smallest absolute Gasteiger partial charge is 0.235 e. The molecule has 0 bridgehead atoms. The molecule has 3 aliphatic rings. The lowest BCUT2D eigenvalue weighted by Crippen LogP contribution is -2.54. The molecule has 3 unspecified atom stereocenters. The zero-order valence-electron chi connectivity index (χ0n) is 19.7. The number of aliphatic hydroxyl groups is 2. The first-order valence-electron chi connectivity index (χ1n) is 11.6. The summed E-state index contributed by atoms with van der Waals surface area (Å²) in [4.78, 5) is 27.7. The molecule has 8 atom stereocenters. The Morgan fingerprint density at radius 1 is 1.23 bits per heavy atom. The van der Waals surface area contributed by atoms with Crippen LogP contribution in [0.4, 0.5) is 0 Å². The predicted molar refractivity (Wildman–Crippen MR) is 119 cm³/mol. The van der Waals surface area contributed by atoms with Gasteiger partial charge in [0.15, 0.2) is 5.78 Å². The number of ketones is 1. The van der Waals surface area contributed by atoms with E-state index in [1.165, 1.54) is 12.7 Å². The Balaban J connectivity index is 2.19. The van der Waals surface area contributed by atoms with E-state index >= 15 is 0 Å². The van der Waals surface area contributed by atoms with Crippen LogP contribution < -0.4 is 5.32 Å². The van der Waals surface area contributed by atoms with Gasteiger partial charge < -0.3 is 20.3 Å². The third kappa shape index (κ3) is 4.14. The lowest BCUT2D eigenvalue weighted by atomic mass is 9.54. The van der Waals surface area contributed by atoms with Crippen LogP contribution in [0.1, 0.15) is 60.3 Å². The van der Waals surface area contributed by atoms with Gasteiger partial charge in [0, 0.05) is 31.4 Å². The fraction of sp³-hybridized carbons (Fsp3) is 0.760. The molecule has 0 aromatic rings. The molecule has 2 aliphatic carbocycles. The average molecular weight is 434 g/mol. The fourth-order valence-corrected chi connectivity index (χ4v) is 6.08. The monoisotopic (exact) mass is 433 g/mol. The second-order valence-electron chi connectivity index (χ2n) is 10.3. The maximum atomic E-state index is 14.0. The van der Waals surface area contributed by atoms with Crippen LogP contribution in [0.2, 0.25) is 0 Å². The summed E-state index contributed by atoms with van der Waals surface area (Å²) >= 11 is 0. The van der Waals surface area contributed by atoms with E-state index in [1.54, 1.807) is 0 Å². The van der Waals surface area contributed by atoms with Gasteiger partial charge in [0.2, 0.25) is 5.91 Å². The van der Waals surface area contributed by atoms with E-state index in [9.17, 15) is 19.8 Å². The molecule has 3 rings (SSSR count). The largest absolute Gasteiger partial charge is 0.390 e. The highest BCUT2D eigenvalue weighted by atomic mass is 16.5. The Bertz CT molecular complexity index is 772. The van der Waals surface area contributed by atoms with Gasteiger partial charge in [-0.3, -0.25) is 9.59 Å². The van der Waals surface area contributed by atoms with Crippen molar-refractivity contribution in [2.75, 3.05) is 7.11 Å². The summed E-state index contributed by atoms with van der Waals surface area (Å²) in [7, 11) is 1.44. The first kappa shape index (κ1) is 24.1. The van der Waals surface area contributed by atoms with Crippen LogP contribution in [0.15, 0.2) is 23.3 Å². The minimum atomic E-state index is -1.22. The summed E-state index contributed by atoms with van der Waals surface area (Å²) in [6.07, 6.45) is 2.79. The topological polar surface area (TPSA) is 95.9 Å². The van der Waals surface area contributed by atoms with Crippen LogP contribution >= 0.6 is 0 Å². The minimum Gasteiger partial charge on any atom is -0.390 e. The lowest BCUT2D eigenvalue weighted by Gasteiger charge is -2.45. The number of hydrogen-bond acceptors (Lipinski definition) is 5. The maximum absolute atomic E-state index is 14.0. The zero-order valence-corrected chi connectivity index (χ0v) is 19.7. The van der Waals surface area contributed by atoms with E-state index < -0.39 is 23.7 Å². The highest BCUT2D eigenvalue weighted by Crippen LogP contribution is 2.55. The molecule has 1 amide bonds. The lowest BCUT2D eigenvalue weighted by molar-refractivity contribution is -0.149. The van der Waals surface area contributed by atoms with Crippen molar-refractivity contribution in [3.63, 3.8) is 0 Å². The second kappa shape index (κ2) is 9.16. The van der Waals surface area contributed by atoms with Gasteiger partial charge in [-0.05, 0) is 44.9 Å². The van der Waals surface area contributed by atoms with Gasteiger partial charge in [0.1, 0.15) is 11.5 Å². The Hall–Kier alpha value is -1.50. The Kier molecular flexibility index (Phi) is 7.14. The van der Waals surface area contributed by atoms with Crippen LogP contribution in [-0.4, -0.2) is 53.4 Å². The number of allylic oxidation sites excluding steroid dienone is 4. The number of ether oxygens (including phenoxy) is 1. The van der Waals surface area contributed by atoms with E-state index in [1.807, 2.05) is 13.0 Å². The summed E-state index contributed by atoms with van der Waals surface area (Å²) in [5.41, 5.74) is 0.994. The molecular formula is C25H39NO5. The third-order valence-corrected chi connectivity index (χ3v) is 7.83. The molecule has 1 aliphatic heterocycles. The Labute approximate surface area is 186 Å². The maximum Gasteiger partial charge on any atom is 0.235 e.